The molecule has 0 saturated carbocycles. The first-order valence-corrected chi connectivity index (χ1v) is 5.41. The van der Waals surface area contributed by atoms with E-state index in [0.29, 0.717) is 24.1 Å². The lowest BCUT2D eigenvalue weighted by Gasteiger charge is -2.09. The number of hydrogen-bond acceptors (Lipinski definition) is 5. The lowest BCUT2D eigenvalue weighted by Crippen LogP contribution is -2.16. The number of aromatic nitrogens is 4. The fourth-order valence-electron chi connectivity index (χ4n) is 1.89. The molecule has 3 rings (SSSR count). The van der Waals surface area contributed by atoms with Crippen LogP contribution in [0.15, 0.2) is 18.7 Å². The van der Waals surface area contributed by atoms with Crippen molar-refractivity contribution in [3.8, 4) is 5.88 Å². The van der Waals surface area contributed by atoms with Gasteiger partial charge in [-0.3, -0.25) is 4.40 Å². The second-order valence-electron chi connectivity index (χ2n) is 3.96. The molecule has 1 saturated heterocycles. The molecule has 0 radical (unpaired) electrons. The van der Waals surface area contributed by atoms with Gasteiger partial charge in [0.25, 0.3) is 5.88 Å². The van der Waals surface area contributed by atoms with Gasteiger partial charge in [-0.15, -0.1) is 10.2 Å². The summed E-state index contributed by atoms with van der Waals surface area (Å²) in [5.74, 6) is 1.14. The summed E-state index contributed by atoms with van der Waals surface area (Å²) in [6.45, 7) is 2.79. The molecular weight excluding hydrogens is 206 g/mol. The van der Waals surface area contributed by atoms with Crippen LogP contribution in [0.4, 0.5) is 0 Å². The molecule has 3 heterocycles. The van der Waals surface area contributed by atoms with E-state index in [9.17, 15) is 0 Å². The largest absolute Gasteiger partial charge is 0.475 e. The standard InChI is InChI=1S/C10H13N5O/c1-2-11-5-8(1)6-16-10-9-14-13-7-15(9)4-3-12-10/h3-4,7-8,11H,1-2,5-6H2. The number of fused-ring (bicyclic) bond motifs is 1. The van der Waals surface area contributed by atoms with Crippen LogP contribution < -0.4 is 10.1 Å². The molecule has 0 bridgehead atoms. The zero-order valence-corrected chi connectivity index (χ0v) is 8.83. The van der Waals surface area contributed by atoms with Crippen molar-refractivity contribution >= 4 is 5.65 Å². The number of ether oxygens (including phenoxy) is 1. The fourth-order valence-corrected chi connectivity index (χ4v) is 1.89. The number of nitrogens with one attached hydrogen (secondary N) is 1. The van der Waals surface area contributed by atoms with E-state index < -0.39 is 0 Å². The van der Waals surface area contributed by atoms with Crippen LogP contribution in [0, 0.1) is 5.92 Å². The molecule has 6 heteroatoms. The van der Waals surface area contributed by atoms with Gasteiger partial charge in [-0.2, -0.15) is 0 Å². The third-order valence-electron chi connectivity index (χ3n) is 2.80. The van der Waals surface area contributed by atoms with E-state index in [1.54, 1.807) is 23.1 Å². The second kappa shape index (κ2) is 4.05. The van der Waals surface area contributed by atoms with Crippen molar-refractivity contribution in [2.24, 2.45) is 5.92 Å². The van der Waals surface area contributed by atoms with Gasteiger partial charge < -0.3 is 10.1 Å². The van der Waals surface area contributed by atoms with Gasteiger partial charge in [-0.25, -0.2) is 4.98 Å². The molecule has 1 unspecified atom stereocenters. The summed E-state index contributed by atoms with van der Waals surface area (Å²) in [4.78, 5) is 4.17. The predicted molar refractivity (Wildman–Crippen MR) is 57.3 cm³/mol. The highest BCUT2D eigenvalue weighted by molar-refractivity contribution is 5.47. The van der Waals surface area contributed by atoms with Crippen LogP contribution in [0.25, 0.3) is 5.65 Å². The Hall–Kier alpha value is -1.69. The first kappa shape index (κ1) is 9.53. The van der Waals surface area contributed by atoms with Crippen molar-refractivity contribution in [2.75, 3.05) is 19.7 Å². The van der Waals surface area contributed by atoms with Gasteiger partial charge >= 0.3 is 0 Å². The summed E-state index contributed by atoms with van der Waals surface area (Å²) in [5.41, 5.74) is 0.674. The maximum atomic E-state index is 5.69. The average Bonchev–Trinajstić information content (AvgIpc) is 2.97. The van der Waals surface area contributed by atoms with Gasteiger partial charge in [-0.1, -0.05) is 0 Å². The van der Waals surface area contributed by atoms with Crippen molar-refractivity contribution < 1.29 is 4.74 Å². The minimum absolute atomic E-state index is 0.562. The molecule has 16 heavy (non-hydrogen) atoms. The van der Waals surface area contributed by atoms with E-state index in [4.69, 9.17) is 4.74 Å². The first-order chi connectivity index (χ1) is 7.93. The Labute approximate surface area is 92.7 Å². The normalized spacial score (nSPS) is 20.4. The monoisotopic (exact) mass is 219 g/mol. The van der Waals surface area contributed by atoms with E-state index in [1.807, 2.05) is 0 Å². The summed E-state index contributed by atoms with van der Waals surface area (Å²) in [6, 6.07) is 0. The maximum absolute atomic E-state index is 5.69. The highest BCUT2D eigenvalue weighted by Gasteiger charge is 2.16. The predicted octanol–water partition coefficient (Wildman–Crippen LogP) is 0.113. The van der Waals surface area contributed by atoms with Gasteiger partial charge in [0.05, 0.1) is 6.61 Å². The summed E-state index contributed by atoms with van der Waals surface area (Å²) in [7, 11) is 0. The van der Waals surface area contributed by atoms with Crippen LogP contribution in [0.5, 0.6) is 5.88 Å². The van der Waals surface area contributed by atoms with E-state index in [2.05, 4.69) is 20.5 Å². The maximum Gasteiger partial charge on any atom is 0.260 e. The molecule has 0 amide bonds. The molecule has 84 valence electrons. The average molecular weight is 219 g/mol. The van der Waals surface area contributed by atoms with Gasteiger partial charge in [0, 0.05) is 24.9 Å². The van der Waals surface area contributed by atoms with Crippen LogP contribution in [0.3, 0.4) is 0 Å². The summed E-state index contributed by atoms with van der Waals surface area (Å²) >= 11 is 0. The zero-order valence-electron chi connectivity index (χ0n) is 8.83. The van der Waals surface area contributed by atoms with Gasteiger partial charge in [0.1, 0.15) is 6.33 Å². The summed E-state index contributed by atoms with van der Waals surface area (Å²) in [6.07, 6.45) is 6.30. The molecule has 1 N–H and O–H groups in total. The van der Waals surface area contributed by atoms with Crippen molar-refractivity contribution in [2.45, 2.75) is 6.42 Å². The van der Waals surface area contributed by atoms with Crippen molar-refractivity contribution in [3.05, 3.63) is 18.7 Å². The van der Waals surface area contributed by atoms with E-state index >= 15 is 0 Å². The Morgan fingerprint density at radius 1 is 1.56 bits per heavy atom. The Morgan fingerprint density at radius 2 is 2.56 bits per heavy atom. The molecular formula is C10H13N5O. The topological polar surface area (TPSA) is 64.3 Å². The minimum atomic E-state index is 0.562. The lowest BCUT2D eigenvalue weighted by atomic mass is 10.1. The highest BCUT2D eigenvalue weighted by atomic mass is 16.5. The van der Waals surface area contributed by atoms with Crippen LogP contribution >= 0.6 is 0 Å². The summed E-state index contributed by atoms with van der Waals surface area (Å²) in [5, 5.41) is 11.1. The Kier molecular flexibility index (Phi) is 2.41. The molecule has 6 nitrogen and oxygen atoms in total. The number of rotatable bonds is 3. The molecule has 1 aliphatic rings. The van der Waals surface area contributed by atoms with E-state index in [1.165, 1.54) is 0 Å². The quantitative estimate of drug-likeness (QED) is 0.794. The van der Waals surface area contributed by atoms with Crippen LogP contribution in [-0.2, 0) is 0 Å². The highest BCUT2D eigenvalue weighted by Crippen LogP contribution is 2.15. The SMILES string of the molecule is c1cn2cnnc2c(OCC2CCNC2)n1. The third kappa shape index (κ3) is 1.71. The smallest absolute Gasteiger partial charge is 0.260 e. The van der Waals surface area contributed by atoms with Gasteiger partial charge in [0.15, 0.2) is 0 Å². The third-order valence-corrected chi connectivity index (χ3v) is 2.80. The van der Waals surface area contributed by atoms with Crippen molar-refractivity contribution in [1.29, 1.82) is 0 Å². The first-order valence-electron chi connectivity index (χ1n) is 5.41. The molecule has 1 atom stereocenters. The van der Waals surface area contributed by atoms with Crippen LogP contribution in [0.1, 0.15) is 6.42 Å². The molecule has 1 fully saturated rings. The Balaban J connectivity index is 1.75. The fraction of sp³-hybridized carbons (Fsp3) is 0.500. The van der Waals surface area contributed by atoms with Gasteiger partial charge in [0.2, 0.25) is 5.65 Å². The molecule has 2 aromatic rings. The molecule has 0 aromatic carbocycles. The van der Waals surface area contributed by atoms with E-state index in [0.717, 1.165) is 19.5 Å². The second-order valence-corrected chi connectivity index (χ2v) is 3.96. The lowest BCUT2D eigenvalue weighted by molar-refractivity contribution is 0.252. The molecule has 0 spiro atoms. The van der Waals surface area contributed by atoms with Crippen molar-refractivity contribution in [3.63, 3.8) is 0 Å². The van der Waals surface area contributed by atoms with Crippen LogP contribution in [-0.4, -0.2) is 39.3 Å². The number of nitrogens with zero attached hydrogens (tertiary/aromatic N) is 4. The van der Waals surface area contributed by atoms with E-state index in [-0.39, 0.29) is 0 Å². The number of hydrogen-bond donors (Lipinski definition) is 1. The van der Waals surface area contributed by atoms with Gasteiger partial charge in [-0.05, 0) is 13.0 Å². The minimum Gasteiger partial charge on any atom is -0.475 e. The molecule has 0 aliphatic carbocycles. The Bertz CT molecular complexity index is 477. The Morgan fingerprint density at radius 3 is 3.44 bits per heavy atom. The summed E-state index contributed by atoms with van der Waals surface area (Å²) < 4.78 is 7.49. The van der Waals surface area contributed by atoms with Crippen molar-refractivity contribution in [1.82, 2.24) is 24.9 Å². The van der Waals surface area contributed by atoms with Crippen LogP contribution in [0.2, 0.25) is 0 Å². The molecule has 1 aliphatic heterocycles. The molecule has 2 aromatic heterocycles. The zero-order chi connectivity index (χ0) is 10.8.